The highest BCUT2D eigenvalue weighted by atomic mass is 35.5. The van der Waals surface area contributed by atoms with E-state index in [9.17, 15) is 4.79 Å². The first kappa shape index (κ1) is 13.9. The predicted molar refractivity (Wildman–Crippen MR) is 63.9 cm³/mol. The van der Waals surface area contributed by atoms with Gasteiger partial charge in [-0.25, -0.2) is 0 Å². The Bertz CT molecular complexity index is 311. The molecular formula is C11H17ClN2O. The summed E-state index contributed by atoms with van der Waals surface area (Å²) in [5, 5.41) is 0. The van der Waals surface area contributed by atoms with Gasteiger partial charge in [0.25, 0.3) is 0 Å². The highest BCUT2D eigenvalue weighted by Crippen LogP contribution is 2.06. The normalized spacial score (nSPS) is 11.6. The minimum atomic E-state index is -0.343. The lowest BCUT2D eigenvalue weighted by Gasteiger charge is -2.09. The minimum absolute atomic E-state index is 0. The zero-order valence-corrected chi connectivity index (χ0v) is 9.59. The van der Waals surface area contributed by atoms with E-state index >= 15 is 0 Å². The number of nitrogens with two attached hydrogens (primary N) is 2. The second kappa shape index (κ2) is 6.43. The molecular weight excluding hydrogens is 212 g/mol. The molecule has 15 heavy (non-hydrogen) atoms. The predicted octanol–water partition coefficient (Wildman–Crippen LogP) is 1.16. The summed E-state index contributed by atoms with van der Waals surface area (Å²) >= 11 is 0. The minimum Gasteiger partial charge on any atom is -0.370 e. The van der Waals surface area contributed by atoms with Crippen molar-refractivity contribution >= 4 is 18.3 Å². The number of benzene rings is 1. The first-order chi connectivity index (χ1) is 6.58. The van der Waals surface area contributed by atoms with Gasteiger partial charge in [-0.05, 0) is 18.9 Å². The lowest BCUT2D eigenvalue weighted by Crippen LogP contribution is -2.29. The van der Waals surface area contributed by atoms with Crippen molar-refractivity contribution < 1.29 is 4.79 Å². The summed E-state index contributed by atoms with van der Waals surface area (Å²) in [4.78, 5) is 10.6. The average molecular weight is 229 g/mol. The van der Waals surface area contributed by atoms with Gasteiger partial charge >= 0.3 is 0 Å². The second-order valence-corrected chi connectivity index (χ2v) is 3.62. The summed E-state index contributed by atoms with van der Waals surface area (Å²) in [6.07, 6.45) is 0.942. The Morgan fingerprint density at radius 2 is 1.87 bits per heavy atom. The van der Waals surface area contributed by atoms with Gasteiger partial charge in [-0.2, -0.15) is 0 Å². The maximum Gasteiger partial charge on any atom is 0.218 e. The van der Waals surface area contributed by atoms with Crippen LogP contribution in [-0.2, 0) is 11.2 Å². The monoisotopic (exact) mass is 228 g/mol. The average Bonchev–Trinajstić information content (AvgIpc) is 2.07. The number of carbonyl (C=O) groups is 1. The Morgan fingerprint density at radius 3 is 2.33 bits per heavy atom. The zero-order valence-electron chi connectivity index (χ0n) is 8.77. The molecule has 1 aromatic rings. The quantitative estimate of drug-likeness (QED) is 0.812. The summed E-state index contributed by atoms with van der Waals surface area (Å²) in [6.45, 7) is 2.03. The van der Waals surface area contributed by atoms with Crippen LogP contribution in [0.4, 0.5) is 0 Å². The van der Waals surface area contributed by atoms with Gasteiger partial charge in [-0.1, -0.05) is 29.8 Å². The van der Waals surface area contributed by atoms with E-state index in [2.05, 4.69) is 0 Å². The number of carbonyl (C=O) groups excluding carboxylic acids is 1. The van der Waals surface area contributed by atoms with E-state index in [1.165, 1.54) is 5.56 Å². The van der Waals surface area contributed by atoms with E-state index in [-0.39, 0.29) is 30.8 Å². The van der Waals surface area contributed by atoms with Gasteiger partial charge < -0.3 is 11.5 Å². The number of hydrogen-bond donors (Lipinski definition) is 2. The van der Waals surface area contributed by atoms with Crippen molar-refractivity contribution in [1.82, 2.24) is 0 Å². The van der Waals surface area contributed by atoms with Crippen molar-refractivity contribution in [2.24, 2.45) is 11.5 Å². The van der Waals surface area contributed by atoms with Crippen LogP contribution in [0.15, 0.2) is 24.3 Å². The summed E-state index contributed by atoms with van der Waals surface area (Å²) in [6, 6.07) is 7.94. The molecule has 0 aliphatic carbocycles. The molecule has 0 heterocycles. The molecule has 4 heteroatoms. The Kier molecular flexibility index (Phi) is 5.97. The fourth-order valence-corrected chi connectivity index (χ4v) is 1.36. The number of primary amides is 1. The molecule has 1 rings (SSSR count). The molecule has 0 spiro atoms. The number of amides is 1. The molecule has 0 bridgehead atoms. The number of rotatable bonds is 4. The molecule has 3 nitrogen and oxygen atoms in total. The largest absolute Gasteiger partial charge is 0.370 e. The van der Waals surface area contributed by atoms with Crippen molar-refractivity contribution in [3.8, 4) is 0 Å². The number of aryl methyl sites for hydroxylation is 1. The number of halogens is 1. The van der Waals surface area contributed by atoms with Crippen LogP contribution in [-0.4, -0.2) is 11.9 Å². The van der Waals surface area contributed by atoms with Gasteiger partial charge in [0.05, 0.1) is 0 Å². The van der Waals surface area contributed by atoms with Crippen LogP contribution in [0.2, 0.25) is 0 Å². The maximum atomic E-state index is 10.6. The van der Waals surface area contributed by atoms with Crippen molar-refractivity contribution in [2.45, 2.75) is 25.8 Å². The third kappa shape index (κ3) is 5.40. The zero-order chi connectivity index (χ0) is 10.6. The van der Waals surface area contributed by atoms with Crippen LogP contribution >= 0.6 is 12.4 Å². The van der Waals surface area contributed by atoms with Crippen LogP contribution in [0.5, 0.6) is 0 Å². The third-order valence-corrected chi connectivity index (χ3v) is 2.08. The molecule has 84 valence electrons. The molecule has 4 N–H and O–H groups in total. The van der Waals surface area contributed by atoms with Crippen molar-refractivity contribution in [1.29, 1.82) is 0 Å². The van der Waals surface area contributed by atoms with Gasteiger partial charge in [-0.15, -0.1) is 12.4 Å². The highest BCUT2D eigenvalue weighted by molar-refractivity contribution is 5.85. The maximum absolute atomic E-state index is 10.6. The Morgan fingerprint density at radius 1 is 1.33 bits per heavy atom. The van der Waals surface area contributed by atoms with Crippen LogP contribution in [0.1, 0.15) is 17.5 Å². The molecule has 0 aliphatic heterocycles. The molecule has 0 unspecified atom stereocenters. The van der Waals surface area contributed by atoms with Gasteiger partial charge in [0, 0.05) is 12.5 Å². The first-order valence-electron chi connectivity index (χ1n) is 4.67. The standard InChI is InChI=1S/C11H16N2O.ClH/c1-8-2-4-9(5-3-8)6-10(12)7-11(13)14;/h2-5,10H,6-7,12H2,1H3,(H2,13,14);1H/t10-;/m0./s1. The lowest BCUT2D eigenvalue weighted by atomic mass is 10.0. The lowest BCUT2D eigenvalue weighted by molar-refractivity contribution is -0.118. The van der Waals surface area contributed by atoms with Gasteiger partial charge in [-0.3, -0.25) is 4.79 Å². The molecule has 0 radical (unpaired) electrons. The van der Waals surface area contributed by atoms with Gasteiger partial charge in [0.15, 0.2) is 0 Å². The van der Waals surface area contributed by atoms with Crippen molar-refractivity contribution in [3.63, 3.8) is 0 Å². The molecule has 0 fully saturated rings. The van der Waals surface area contributed by atoms with E-state index in [0.717, 1.165) is 5.56 Å². The van der Waals surface area contributed by atoms with E-state index < -0.39 is 0 Å². The second-order valence-electron chi connectivity index (χ2n) is 3.62. The van der Waals surface area contributed by atoms with Crippen LogP contribution in [0.25, 0.3) is 0 Å². The molecule has 0 saturated heterocycles. The third-order valence-electron chi connectivity index (χ3n) is 2.08. The van der Waals surface area contributed by atoms with Crippen LogP contribution in [0.3, 0.4) is 0 Å². The molecule has 1 atom stereocenters. The van der Waals surface area contributed by atoms with Crippen LogP contribution < -0.4 is 11.5 Å². The van der Waals surface area contributed by atoms with Gasteiger partial charge in [0.1, 0.15) is 0 Å². The molecule has 1 amide bonds. The molecule has 1 aromatic carbocycles. The Balaban J connectivity index is 0.00000196. The van der Waals surface area contributed by atoms with E-state index in [1.807, 2.05) is 31.2 Å². The van der Waals surface area contributed by atoms with E-state index in [1.54, 1.807) is 0 Å². The Labute approximate surface area is 96.3 Å². The fourth-order valence-electron chi connectivity index (χ4n) is 1.36. The van der Waals surface area contributed by atoms with Crippen molar-refractivity contribution in [2.75, 3.05) is 0 Å². The van der Waals surface area contributed by atoms with E-state index in [0.29, 0.717) is 6.42 Å². The summed E-state index contributed by atoms with van der Waals surface area (Å²) in [7, 11) is 0. The molecule has 0 saturated carbocycles. The molecule has 0 aromatic heterocycles. The summed E-state index contributed by atoms with van der Waals surface area (Å²) < 4.78 is 0. The molecule has 0 aliphatic rings. The number of hydrogen-bond acceptors (Lipinski definition) is 2. The van der Waals surface area contributed by atoms with Crippen LogP contribution in [0, 0.1) is 6.92 Å². The summed E-state index contributed by atoms with van der Waals surface area (Å²) in [5.41, 5.74) is 13.2. The highest BCUT2D eigenvalue weighted by Gasteiger charge is 2.06. The Hall–Kier alpha value is -1.06. The fraction of sp³-hybridized carbons (Fsp3) is 0.364. The first-order valence-corrected chi connectivity index (χ1v) is 4.67. The SMILES string of the molecule is Cc1ccc(C[C@H](N)CC(N)=O)cc1.Cl. The van der Waals surface area contributed by atoms with Crippen molar-refractivity contribution in [3.05, 3.63) is 35.4 Å². The van der Waals surface area contributed by atoms with Gasteiger partial charge in [0.2, 0.25) is 5.91 Å². The topological polar surface area (TPSA) is 69.1 Å². The van der Waals surface area contributed by atoms with E-state index in [4.69, 9.17) is 11.5 Å². The summed E-state index contributed by atoms with van der Waals surface area (Å²) in [5.74, 6) is -0.343. The smallest absolute Gasteiger partial charge is 0.218 e.